The SMILES string of the molecule is Cc1nc2n(c1C)-c1ccc(C(F)(F)F)cc1C(c1ccccc1Cl)=NC2. The van der Waals surface area contributed by atoms with Gasteiger partial charge < -0.3 is 0 Å². The number of benzene rings is 2. The van der Waals surface area contributed by atoms with Gasteiger partial charge in [-0.1, -0.05) is 29.8 Å². The third-order valence-corrected chi connectivity index (χ3v) is 5.07. The molecule has 0 N–H and O–H groups in total. The standard InChI is InChI=1S/C20H15ClF3N3/c1-11-12(2)27-17-8-7-13(20(22,23)24)9-15(17)19(25-10-18(27)26-11)14-5-3-4-6-16(14)21/h3-9H,10H2,1-2H3. The Balaban J connectivity index is 2.04. The fraction of sp³-hybridized carbons (Fsp3) is 0.200. The number of halogens is 4. The molecule has 0 unspecified atom stereocenters. The first-order chi connectivity index (χ1) is 12.8. The number of aliphatic imine (C=N–C) groups is 1. The minimum atomic E-state index is -4.45. The average molecular weight is 390 g/mol. The molecule has 0 bridgehead atoms. The summed E-state index contributed by atoms with van der Waals surface area (Å²) in [6.07, 6.45) is -4.45. The van der Waals surface area contributed by atoms with Gasteiger partial charge in [0.1, 0.15) is 5.82 Å². The second-order valence-corrected chi connectivity index (χ2v) is 6.82. The maximum atomic E-state index is 13.4. The Morgan fingerprint density at radius 1 is 1.04 bits per heavy atom. The number of aryl methyl sites for hydroxylation is 1. The number of rotatable bonds is 1. The second-order valence-electron chi connectivity index (χ2n) is 6.41. The predicted octanol–water partition coefficient (Wildman–Crippen LogP) is 5.51. The van der Waals surface area contributed by atoms with Crippen molar-refractivity contribution in [2.45, 2.75) is 26.6 Å². The molecule has 27 heavy (non-hydrogen) atoms. The van der Waals surface area contributed by atoms with E-state index in [1.54, 1.807) is 24.3 Å². The molecule has 3 nitrogen and oxygen atoms in total. The van der Waals surface area contributed by atoms with E-state index in [9.17, 15) is 13.2 Å². The minimum absolute atomic E-state index is 0.255. The lowest BCUT2D eigenvalue weighted by Crippen LogP contribution is -2.12. The molecule has 7 heteroatoms. The van der Waals surface area contributed by atoms with E-state index >= 15 is 0 Å². The van der Waals surface area contributed by atoms with E-state index < -0.39 is 11.7 Å². The van der Waals surface area contributed by atoms with Crippen LogP contribution in [0, 0.1) is 13.8 Å². The first kappa shape index (κ1) is 17.8. The highest BCUT2D eigenvalue weighted by Gasteiger charge is 2.33. The molecule has 4 rings (SSSR count). The lowest BCUT2D eigenvalue weighted by Gasteiger charge is -2.16. The van der Waals surface area contributed by atoms with Crippen molar-refractivity contribution >= 4 is 17.3 Å². The summed E-state index contributed by atoms with van der Waals surface area (Å²) in [6.45, 7) is 4.03. The average Bonchev–Trinajstić information content (AvgIpc) is 2.80. The van der Waals surface area contributed by atoms with Crippen LogP contribution in [0.3, 0.4) is 0 Å². The summed E-state index contributed by atoms with van der Waals surface area (Å²) in [6, 6.07) is 10.7. The van der Waals surface area contributed by atoms with Crippen molar-refractivity contribution in [2.75, 3.05) is 0 Å². The molecule has 0 atom stereocenters. The number of hydrogen-bond donors (Lipinski definition) is 0. The third kappa shape index (κ3) is 2.94. The highest BCUT2D eigenvalue weighted by molar-refractivity contribution is 6.35. The molecule has 0 spiro atoms. The van der Waals surface area contributed by atoms with Gasteiger partial charge >= 0.3 is 6.18 Å². The van der Waals surface area contributed by atoms with Gasteiger partial charge in [0, 0.05) is 21.8 Å². The summed E-state index contributed by atoms with van der Waals surface area (Å²) >= 11 is 6.32. The third-order valence-electron chi connectivity index (χ3n) is 4.74. The van der Waals surface area contributed by atoms with Crippen LogP contribution in [-0.4, -0.2) is 15.3 Å². The summed E-state index contributed by atoms with van der Waals surface area (Å²) in [5, 5.41) is 0.437. The molecule has 0 radical (unpaired) electrons. The van der Waals surface area contributed by atoms with Crippen molar-refractivity contribution in [3.05, 3.63) is 81.4 Å². The Hall–Kier alpha value is -2.60. The number of hydrogen-bond acceptors (Lipinski definition) is 2. The molecule has 0 amide bonds. The summed E-state index contributed by atoms with van der Waals surface area (Å²) in [7, 11) is 0. The van der Waals surface area contributed by atoms with Gasteiger partial charge in [-0.15, -0.1) is 0 Å². The number of nitrogens with zero attached hydrogens (tertiary/aromatic N) is 3. The van der Waals surface area contributed by atoms with Crippen molar-refractivity contribution < 1.29 is 13.2 Å². The molecule has 2 heterocycles. The predicted molar refractivity (Wildman–Crippen MR) is 98.8 cm³/mol. The maximum absolute atomic E-state index is 13.4. The maximum Gasteiger partial charge on any atom is 0.416 e. The van der Waals surface area contributed by atoms with Gasteiger partial charge in [0.15, 0.2) is 0 Å². The van der Waals surface area contributed by atoms with Gasteiger partial charge in [0.25, 0.3) is 0 Å². The van der Waals surface area contributed by atoms with Gasteiger partial charge in [-0.25, -0.2) is 4.98 Å². The van der Waals surface area contributed by atoms with Crippen molar-refractivity contribution in [3.63, 3.8) is 0 Å². The van der Waals surface area contributed by atoms with Gasteiger partial charge in [-0.2, -0.15) is 13.2 Å². The molecule has 1 aliphatic rings. The van der Waals surface area contributed by atoms with E-state index in [0.717, 1.165) is 23.5 Å². The second kappa shape index (κ2) is 6.23. The number of aromatic nitrogens is 2. The lowest BCUT2D eigenvalue weighted by molar-refractivity contribution is -0.137. The molecule has 0 saturated carbocycles. The molecule has 0 fully saturated rings. The smallest absolute Gasteiger partial charge is 0.298 e. The molecule has 2 aromatic carbocycles. The molecule has 0 saturated heterocycles. The normalized spacial score (nSPS) is 13.6. The van der Waals surface area contributed by atoms with E-state index in [-0.39, 0.29) is 6.54 Å². The Labute approximate surface area is 159 Å². The largest absolute Gasteiger partial charge is 0.416 e. The zero-order valence-electron chi connectivity index (χ0n) is 14.6. The van der Waals surface area contributed by atoms with Crippen LogP contribution in [0.4, 0.5) is 13.2 Å². The molecular formula is C20H15ClF3N3. The Morgan fingerprint density at radius 2 is 1.78 bits per heavy atom. The van der Waals surface area contributed by atoms with E-state index in [1.165, 1.54) is 6.07 Å². The van der Waals surface area contributed by atoms with Crippen LogP contribution in [-0.2, 0) is 12.7 Å². The van der Waals surface area contributed by atoms with E-state index in [1.807, 2.05) is 18.4 Å². The Bertz CT molecular complexity index is 1080. The van der Waals surface area contributed by atoms with Gasteiger partial charge in [0.2, 0.25) is 0 Å². The summed E-state index contributed by atoms with van der Waals surface area (Å²) in [5.74, 6) is 0.688. The van der Waals surface area contributed by atoms with Crippen LogP contribution in [0.2, 0.25) is 5.02 Å². The molecule has 1 aromatic heterocycles. The zero-order chi connectivity index (χ0) is 19.3. The summed E-state index contributed by atoms with van der Waals surface area (Å²) < 4.78 is 42.0. The van der Waals surface area contributed by atoms with Crippen LogP contribution in [0.5, 0.6) is 0 Å². The molecule has 138 valence electrons. The van der Waals surface area contributed by atoms with Crippen molar-refractivity contribution in [1.82, 2.24) is 9.55 Å². The van der Waals surface area contributed by atoms with Gasteiger partial charge in [-0.3, -0.25) is 9.56 Å². The van der Waals surface area contributed by atoms with Crippen LogP contribution < -0.4 is 0 Å². The highest BCUT2D eigenvalue weighted by atomic mass is 35.5. The summed E-state index contributed by atoms with van der Waals surface area (Å²) in [5.41, 5.74) is 3.02. The Kier molecular flexibility index (Phi) is 4.11. The number of fused-ring (bicyclic) bond motifs is 3. The van der Waals surface area contributed by atoms with Crippen LogP contribution >= 0.6 is 11.6 Å². The van der Waals surface area contributed by atoms with Gasteiger partial charge in [-0.05, 0) is 38.1 Å². The number of alkyl halides is 3. The van der Waals surface area contributed by atoms with Crippen LogP contribution in [0.15, 0.2) is 47.5 Å². The first-order valence-electron chi connectivity index (χ1n) is 8.33. The van der Waals surface area contributed by atoms with Crippen molar-refractivity contribution in [1.29, 1.82) is 0 Å². The molecule has 1 aliphatic heterocycles. The quantitative estimate of drug-likeness (QED) is 0.539. The highest BCUT2D eigenvalue weighted by Crippen LogP contribution is 2.35. The van der Waals surface area contributed by atoms with Crippen molar-refractivity contribution in [2.24, 2.45) is 4.99 Å². The minimum Gasteiger partial charge on any atom is -0.298 e. The molecule has 0 aliphatic carbocycles. The van der Waals surface area contributed by atoms with Crippen LogP contribution in [0.1, 0.15) is 33.9 Å². The first-order valence-corrected chi connectivity index (χ1v) is 8.71. The fourth-order valence-corrected chi connectivity index (χ4v) is 3.55. The summed E-state index contributed by atoms with van der Waals surface area (Å²) in [4.78, 5) is 9.13. The van der Waals surface area contributed by atoms with E-state index in [0.29, 0.717) is 33.4 Å². The van der Waals surface area contributed by atoms with E-state index in [2.05, 4.69) is 9.98 Å². The van der Waals surface area contributed by atoms with Gasteiger partial charge in [0.05, 0.1) is 29.2 Å². The topological polar surface area (TPSA) is 30.2 Å². The number of imidazole rings is 1. The van der Waals surface area contributed by atoms with E-state index in [4.69, 9.17) is 11.6 Å². The van der Waals surface area contributed by atoms with Crippen molar-refractivity contribution in [3.8, 4) is 5.69 Å². The lowest BCUT2D eigenvalue weighted by atomic mass is 9.98. The van der Waals surface area contributed by atoms with Crippen LogP contribution in [0.25, 0.3) is 5.69 Å². The Morgan fingerprint density at radius 3 is 2.48 bits per heavy atom. The monoisotopic (exact) mass is 389 g/mol. The molecule has 3 aromatic rings. The fourth-order valence-electron chi connectivity index (χ4n) is 3.32. The zero-order valence-corrected chi connectivity index (χ0v) is 15.4. The molecular weight excluding hydrogens is 375 g/mol.